The summed E-state index contributed by atoms with van der Waals surface area (Å²) in [5.41, 5.74) is 0.830. The molecule has 2 N–H and O–H groups in total. The minimum absolute atomic E-state index is 0.0723. The van der Waals surface area contributed by atoms with Crippen molar-refractivity contribution in [1.82, 2.24) is 10.6 Å². The molecule has 0 aromatic heterocycles. The Labute approximate surface area is 127 Å². The Morgan fingerprint density at radius 2 is 1.95 bits per heavy atom. The van der Waals surface area contributed by atoms with Gasteiger partial charge in [0, 0.05) is 12.1 Å². The maximum atomic E-state index is 13.6. The van der Waals surface area contributed by atoms with Gasteiger partial charge in [-0.3, -0.25) is 0 Å². The van der Waals surface area contributed by atoms with Gasteiger partial charge in [-0.15, -0.1) is 0 Å². The molecular weight excluding hydrogens is 263 g/mol. The lowest BCUT2D eigenvalue weighted by atomic mass is 9.79. The summed E-state index contributed by atoms with van der Waals surface area (Å²) in [4.78, 5) is 0. The van der Waals surface area contributed by atoms with E-state index in [-0.39, 0.29) is 5.82 Å². The van der Waals surface area contributed by atoms with Crippen LogP contribution in [0.1, 0.15) is 44.1 Å². The van der Waals surface area contributed by atoms with E-state index in [1.807, 2.05) is 12.1 Å². The quantitative estimate of drug-likeness (QED) is 0.869. The van der Waals surface area contributed by atoms with Crippen molar-refractivity contribution in [3.63, 3.8) is 0 Å². The molecule has 0 amide bonds. The Balaban J connectivity index is 1.51. The van der Waals surface area contributed by atoms with Gasteiger partial charge in [-0.25, -0.2) is 4.39 Å². The van der Waals surface area contributed by atoms with Crippen LogP contribution in [0.3, 0.4) is 0 Å². The smallest absolute Gasteiger partial charge is 0.126 e. The molecule has 2 aliphatic rings. The monoisotopic (exact) mass is 290 g/mol. The van der Waals surface area contributed by atoms with Gasteiger partial charge in [0.15, 0.2) is 0 Å². The molecule has 1 aliphatic carbocycles. The summed E-state index contributed by atoms with van der Waals surface area (Å²) in [7, 11) is 0. The number of hydrogen-bond acceptors (Lipinski definition) is 2. The fourth-order valence-corrected chi connectivity index (χ4v) is 4.06. The zero-order chi connectivity index (χ0) is 14.5. The molecule has 1 aromatic carbocycles. The van der Waals surface area contributed by atoms with Crippen molar-refractivity contribution >= 4 is 0 Å². The Morgan fingerprint density at radius 1 is 1.10 bits per heavy atom. The first kappa shape index (κ1) is 15.0. The van der Waals surface area contributed by atoms with Gasteiger partial charge in [0.25, 0.3) is 0 Å². The largest absolute Gasteiger partial charge is 0.314 e. The van der Waals surface area contributed by atoms with Crippen LogP contribution in [0.15, 0.2) is 24.3 Å². The minimum atomic E-state index is -0.0723. The fourth-order valence-electron chi connectivity index (χ4n) is 4.06. The molecule has 1 aliphatic heterocycles. The molecule has 3 atom stereocenters. The highest BCUT2D eigenvalue weighted by Crippen LogP contribution is 2.30. The molecule has 0 bridgehead atoms. The summed E-state index contributed by atoms with van der Waals surface area (Å²) in [6.07, 6.45) is 8.76. The molecule has 3 unspecified atom stereocenters. The summed E-state index contributed by atoms with van der Waals surface area (Å²) in [5, 5.41) is 7.39. The highest BCUT2D eigenvalue weighted by molar-refractivity contribution is 5.17. The van der Waals surface area contributed by atoms with Crippen molar-refractivity contribution in [1.29, 1.82) is 0 Å². The lowest BCUT2D eigenvalue weighted by Crippen LogP contribution is -2.47. The summed E-state index contributed by atoms with van der Waals surface area (Å²) < 4.78 is 13.6. The van der Waals surface area contributed by atoms with E-state index < -0.39 is 0 Å². The molecule has 3 rings (SSSR count). The van der Waals surface area contributed by atoms with E-state index in [0.29, 0.717) is 12.1 Å². The van der Waals surface area contributed by atoms with E-state index >= 15 is 0 Å². The van der Waals surface area contributed by atoms with Gasteiger partial charge in [0.05, 0.1) is 0 Å². The second-order valence-electron chi connectivity index (χ2n) is 6.55. The normalized spacial score (nSPS) is 29.7. The summed E-state index contributed by atoms with van der Waals surface area (Å²) in [6.45, 7) is 2.07. The van der Waals surface area contributed by atoms with Gasteiger partial charge in [-0.2, -0.15) is 0 Å². The summed E-state index contributed by atoms with van der Waals surface area (Å²) >= 11 is 0. The fraction of sp³-hybridized carbons (Fsp3) is 0.667. The molecule has 1 saturated heterocycles. The van der Waals surface area contributed by atoms with Gasteiger partial charge >= 0.3 is 0 Å². The average Bonchev–Trinajstić information content (AvgIpc) is 3.04. The Hall–Kier alpha value is -0.930. The van der Waals surface area contributed by atoms with Crippen LogP contribution in [0.5, 0.6) is 0 Å². The van der Waals surface area contributed by atoms with E-state index in [0.717, 1.165) is 24.4 Å². The summed E-state index contributed by atoms with van der Waals surface area (Å²) in [6, 6.07) is 8.45. The van der Waals surface area contributed by atoms with Gasteiger partial charge in [-0.05, 0) is 62.7 Å². The van der Waals surface area contributed by atoms with Crippen molar-refractivity contribution in [3.8, 4) is 0 Å². The van der Waals surface area contributed by atoms with Gasteiger partial charge in [-0.1, -0.05) is 31.0 Å². The Morgan fingerprint density at radius 3 is 2.76 bits per heavy atom. The number of halogens is 1. The molecule has 1 aromatic rings. The van der Waals surface area contributed by atoms with Crippen LogP contribution in [-0.4, -0.2) is 25.2 Å². The zero-order valence-corrected chi connectivity index (χ0v) is 12.8. The number of hydrogen-bond donors (Lipinski definition) is 2. The van der Waals surface area contributed by atoms with Gasteiger partial charge < -0.3 is 10.6 Å². The first-order chi connectivity index (χ1) is 10.3. The van der Waals surface area contributed by atoms with E-state index in [2.05, 4.69) is 10.6 Å². The highest BCUT2D eigenvalue weighted by Gasteiger charge is 2.32. The molecule has 3 heteroatoms. The predicted octanol–water partition coefficient (Wildman–Crippen LogP) is 3.27. The summed E-state index contributed by atoms with van der Waals surface area (Å²) in [5.74, 6) is 0.693. The van der Waals surface area contributed by atoms with Crippen molar-refractivity contribution in [2.24, 2.45) is 5.92 Å². The van der Waals surface area contributed by atoms with Crippen LogP contribution in [0.2, 0.25) is 0 Å². The van der Waals surface area contributed by atoms with E-state index in [1.165, 1.54) is 45.1 Å². The van der Waals surface area contributed by atoms with E-state index in [1.54, 1.807) is 12.1 Å². The molecule has 0 radical (unpaired) electrons. The first-order valence-electron chi connectivity index (χ1n) is 8.55. The molecule has 21 heavy (non-hydrogen) atoms. The SMILES string of the molecule is Fc1ccccc1CCNC1CCCCC1C1CCCN1. The second-order valence-corrected chi connectivity index (χ2v) is 6.55. The third-order valence-corrected chi connectivity index (χ3v) is 5.19. The minimum Gasteiger partial charge on any atom is -0.314 e. The van der Waals surface area contributed by atoms with E-state index in [4.69, 9.17) is 0 Å². The molecule has 1 saturated carbocycles. The third-order valence-electron chi connectivity index (χ3n) is 5.19. The number of nitrogens with one attached hydrogen (secondary N) is 2. The maximum Gasteiger partial charge on any atom is 0.126 e. The van der Waals surface area contributed by atoms with Crippen molar-refractivity contribution in [2.45, 2.75) is 57.0 Å². The Bertz CT molecular complexity index is 443. The predicted molar refractivity (Wildman–Crippen MR) is 84.9 cm³/mol. The first-order valence-corrected chi connectivity index (χ1v) is 8.55. The number of benzene rings is 1. The van der Waals surface area contributed by atoms with Crippen LogP contribution in [0, 0.1) is 11.7 Å². The van der Waals surface area contributed by atoms with E-state index in [9.17, 15) is 4.39 Å². The van der Waals surface area contributed by atoms with Crippen LogP contribution in [-0.2, 0) is 6.42 Å². The molecule has 1 heterocycles. The molecule has 2 nitrogen and oxygen atoms in total. The van der Waals surface area contributed by atoms with Crippen molar-refractivity contribution < 1.29 is 4.39 Å². The van der Waals surface area contributed by atoms with Crippen LogP contribution < -0.4 is 10.6 Å². The number of rotatable bonds is 5. The van der Waals surface area contributed by atoms with Crippen molar-refractivity contribution in [2.75, 3.05) is 13.1 Å². The van der Waals surface area contributed by atoms with Gasteiger partial charge in [0.2, 0.25) is 0 Å². The zero-order valence-electron chi connectivity index (χ0n) is 12.8. The third kappa shape index (κ3) is 3.83. The lowest BCUT2D eigenvalue weighted by molar-refractivity contribution is 0.215. The highest BCUT2D eigenvalue weighted by atomic mass is 19.1. The Kier molecular flexibility index (Phi) is 5.26. The maximum absolute atomic E-state index is 13.6. The second kappa shape index (κ2) is 7.37. The van der Waals surface area contributed by atoms with Crippen LogP contribution >= 0.6 is 0 Å². The topological polar surface area (TPSA) is 24.1 Å². The van der Waals surface area contributed by atoms with Gasteiger partial charge in [0.1, 0.15) is 5.82 Å². The van der Waals surface area contributed by atoms with Crippen molar-refractivity contribution in [3.05, 3.63) is 35.6 Å². The standard InChI is InChI=1S/C18H27FN2/c19-16-8-3-1-6-14(16)11-13-21-17-9-4-2-7-15(17)18-10-5-12-20-18/h1,3,6,8,15,17-18,20-21H,2,4-5,7,9-13H2. The van der Waals surface area contributed by atoms with Crippen LogP contribution in [0.25, 0.3) is 0 Å². The molecular formula is C18H27FN2. The average molecular weight is 290 g/mol. The molecule has 116 valence electrons. The van der Waals surface area contributed by atoms with Crippen LogP contribution in [0.4, 0.5) is 4.39 Å². The molecule has 0 spiro atoms. The lowest BCUT2D eigenvalue weighted by Gasteiger charge is -2.36. The molecule has 2 fully saturated rings.